The molecule has 0 aromatic carbocycles. The van der Waals surface area contributed by atoms with Gasteiger partial charge in [-0.05, 0) is 12.8 Å². The predicted molar refractivity (Wildman–Crippen MR) is 70.1 cm³/mol. The largest absolute Gasteiger partial charge is 0.383 e. The van der Waals surface area contributed by atoms with Crippen LogP contribution in [0.15, 0.2) is 0 Å². The standard InChI is InChI=1S/C11H24N2O4S/c1-16-8-6-13(7-9-17-2)18(14,15)10-5-12-11-3-4-11/h11-12H,3-10H2,1-2H3. The van der Waals surface area contributed by atoms with Crippen molar-refractivity contribution in [2.24, 2.45) is 0 Å². The second-order valence-corrected chi connectivity index (χ2v) is 6.52. The molecule has 0 saturated heterocycles. The Kier molecular flexibility index (Phi) is 7.10. The van der Waals surface area contributed by atoms with Gasteiger partial charge in [0.15, 0.2) is 0 Å². The lowest BCUT2D eigenvalue weighted by Crippen LogP contribution is -2.40. The van der Waals surface area contributed by atoms with Crippen molar-refractivity contribution in [1.82, 2.24) is 9.62 Å². The molecule has 1 saturated carbocycles. The maximum atomic E-state index is 12.1. The SMILES string of the molecule is COCCN(CCOC)S(=O)(=O)CCNC1CC1. The highest BCUT2D eigenvalue weighted by Gasteiger charge is 2.24. The van der Waals surface area contributed by atoms with Crippen molar-refractivity contribution >= 4 is 10.0 Å². The highest BCUT2D eigenvalue weighted by Crippen LogP contribution is 2.18. The molecule has 1 N–H and O–H groups in total. The van der Waals surface area contributed by atoms with Crippen molar-refractivity contribution in [1.29, 1.82) is 0 Å². The van der Waals surface area contributed by atoms with Crippen LogP contribution in [-0.2, 0) is 19.5 Å². The maximum absolute atomic E-state index is 12.1. The summed E-state index contributed by atoms with van der Waals surface area (Å²) in [5, 5.41) is 3.21. The number of nitrogens with one attached hydrogen (secondary N) is 1. The molecular formula is C11H24N2O4S. The van der Waals surface area contributed by atoms with Crippen molar-refractivity contribution < 1.29 is 17.9 Å². The molecule has 0 atom stereocenters. The molecule has 0 heterocycles. The van der Waals surface area contributed by atoms with E-state index in [-0.39, 0.29) is 5.75 Å². The molecule has 0 aromatic heterocycles. The monoisotopic (exact) mass is 280 g/mol. The zero-order valence-electron chi connectivity index (χ0n) is 11.2. The summed E-state index contributed by atoms with van der Waals surface area (Å²) in [4.78, 5) is 0. The Balaban J connectivity index is 2.38. The second-order valence-electron chi connectivity index (χ2n) is 4.43. The average molecular weight is 280 g/mol. The summed E-state index contributed by atoms with van der Waals surface area (Å²) in [7, 11) is -0.0934. The summed E-state index contributed by atoms with van der Waals surface area (Å²) in [5.74, 6) is 0.136. The molecular weight excluding hydrogens is 256 g/mol. The van der Waals surface area contributed by atoms with Gasteiger partial charge in [-0.25, -0.2) is 8.42 Å². The molecule has 7 heteroatoms. The number of rotatable bonds is 11. The quantitative estimate of drug-likeness (QED) is 0.561. The van der Waals surface area contributed by atoms with Crippen LogP contribution in [0.1, 0.15) is 12.8 Å². The summed E-state index contributed by atoms with van der Waals surface area (Å²) in [6.45, 7) is 2.08. The van der Waals surface area contributed by atoms with Crippen LogP contribution in [0.5, 0.6) is 0 Å². The molecule has 0 radical (unpaired) electrons. The highest BCUT2D eigenvalue weighted by molar-refractivity contribution is 7.89. The van der Waals surface area contributed by atoms with Crippen LogP contribution in [0.4, 0.5) is 0 Å². The first-order chi connectivity index (χ1) is 8.60. The van der Waals surface area contributed by atoms with E-state index in [1.165, 1.54) is 4.31 Å². The number of methoxy groups -OCH3 is 2. The fourth-order valence-corrected chi connectivity index (χ4v) is 2.92. The van der Waals surface area contributed by atoms with Crippen molar-refractivity contribution in [3.05, 3.63) is 0 Å². The van der Waals surface area contributed by atoms with Crippen molar-refractivity contribution in [2.75, 3.05) is 52.8 Å². The Morgan fingerprint density at radius 3 is 2.17 bits per heavy atom. The molecule has 1 rings (SSSR count). The van der Waals surface area contributed by atoms with E-state index in [0.29, 0.717) is 38.9 Å². The lowest BCUT2D eigenvalue weighted by atomic mass is 10.6. The molecule has 1 aliphatic rings. The van der Waals surface area contributed by atoms with E-state index in [1.54, 1.807) is 14.2 Å². The molecule has 108 valence electrons. The Labute approximate surface area is 110 Å². The van der Waals surface area contributed by atoms with Crippen molar-refractivity contribution in [3.8, 4) is 0 Å². The highest BCUT2D eigenvalue weighted by atomic mass is 32.2. The van der Waals surface area contributed by atoms with Crippen molar-refractivity contribution in [3.63, 3.8) is 0 Å². The third-order valence-corrected chi connectivity index (χ3v) is 4.73. The Bertz CT molecular complexity index is 309. The van der Waals surface area contributed by atoms with E-state index in [1.807, 2.05) is 0 Å². The van der Waals surface area contributed by atoms with Gasteiger partial charge in [0.1, 0.15) is 0 Å². The number of sulfonamides is 1. The van der Waals surface area contributed by atoms with Gasteiger partial charge >= 0.3 is 0 Å². The normalized spacial score (nSPS) is 16.4. The molecule has 18 heavy (non-hydrogen) atoms. The van der Waals surface area contributed by atoms with E-state index in [4.69, 9.17) is 9.47 Å². The topological polar surface area (TPSA) is 67.9 Å². The van der Waals surface area contributed by atoms with Gasteiger partial charge in [0.25, 0.3) is 0 Å². The predicted octanol–water partition coefficient (Wildman–Crippen LogP) is -0.337. The summed E-state index contributed by atoms with van der Waals surface area (Å²) < 4.78 is 35.6. The fraction of sp³-hybridized carbons (Fsp3) is 1.00. The number of ether oxygens (including phenoxy) is 2. The van der Waals surface area contributed by atoms with Gasteiger partial charge < -0.3 is 14.8 Å². The molecule has 0 bridgehead atoms. The minimum atomic E-state index is -3.22. The summed E-state index contributed by atoms with van der Waals surface area (Å²) >= 11 is 0. The summed E-state index contributed by atoms with van der Waals surface area (Å²) in [5.41, 5.74) is 0. The Morgan fingerprint density at radius 1 is 1.17 bits per heavy atom. The van der Waals surface area contributed by atoms with E-state index >= 15 is 0 Å². The van der Waals surface area contributed by atoms with Crippen LogP contribution < -0.4 is 5.32 Å². The van der Waals surface area contributed by atoms with Gasteiger partial charge in [-0.15, -0.1) is 0 Å². The van der Waals surface area contributed by atoms with Crippen LogP contribution in [0.2, 0.25) is 0 Å². The Morgan fingerprint density at radius 2 is 1.72 bits per heavy atom. The third-order valence-electron chi connectivity index (χ3n) is 2.85. The molecule has 0 spiro atoms. The minimum Gasteiger partial charge on any atom is -0.383 e. The molecule has 0 aliphatic heterocycles. The summed E-state index contributed by atoms with van der Waals surface area (Å²) in [6.07, 6.45) is 2.33. The van der Waals surface area contributed by atoms with E-state index in [9.17, 15) is 8.42 Å². The molecule has 1 fully saturated rings. The average Bonchev–Trinajstić information content (AvgIpc) is 3.12. The lowest BCUT2D eigenvalue weighted by Gasteiger charge is -2.21. The third kappa shape index (κ3) is 6.10. The molecule has 1 aliphatic carbocycles. The van der Waals surface area contributed by atoms with Crippen LogP contribution in [0.3, 0.4) is 0 Å². The van der Waals surface area contributed by atoms with Gasteiger partial charge in [-0.3, -0.25) is 0 Å². The molecule has 6 nitrogen and oxygen atoms in total. The first kappa shape index (κ1) is 15.8. The first-order valence-electron chi connectivity index (χ1n) is 6.29. The van der Waals surface area contributed by atoms with Gasteiger partial charge in [0.05, 0.1) is 19.0 Å². The minimum absolute atomic E-state index is 0.136. The van der Waals surface area contributed by atoms with Crippen LogP contribution >= 0.6 is 0 Å². The van der Waals surface area contributed by atoms with Gasteiger partial charge in [0.2, 0.25) is 10.0 Å². The van der Waals surface area contributed by atoms with E-state index < -0.39 is 10.0 Å². The summed E-state index contributed by atoms with van der Waals surface area (Å²) in [6, 6.07) is 0.534. The Hall–Kier alpha value is -0.210. The van der Waals surface area contributed by atoms with Gasteiger partial charge in [-0.1, -0.05) is 0 Å². The number of hydrogen-bond acceptors (Lipinski definition) is 5. The van der Waals surface area contributed by atoms with Crippen LogP contribution in [0.25, 0.3) is 0 Å². The molecule has 0 unspecified atom stereocenters. The van der Waals surface area contributed by atoms with Crippen LogP contribution in [0, 0.1) is 0 Å². The first-order valence-corrected chi connectivity index (χ1v) is 7.90. The zero-order valence-corrected chi connectivity index (χ0v) is 12.0. The smallest absolute Gasteiger partial charge is 0.215 e. The number of nitrogens with zero attached hydrogens (tertiary/aromatic N) is 1. The molecule has 0 amide bonds. The maximum Gasteiger partial charge on any atom is 0.215 e. The van der Waals surface area contributed by atoms with Gasteiger partial charge in [-0.2, -0.15) is 4.31 Å². The van der Waals surface area contributed by atoms with E-state index in [2.05, 4.69) is 5.32 Å². The molecule has 0 aromatic rings. The zero-order chi connectivity index (χ0) is 13.4. The second kappa shape index (κ2) is 8.06. The lowest BCUT2D eigenvalue weighted by molar-refractivity contribution is 0.150. The van der Waals surface area contributed by atoms with E-state index in [0.717, 1.165) is 12.8 Å². The van der Waals surface area contributed by atoms with Crippen molar-refractivity contribution in [2.45, 2.75) is 18.9 Å². The number of hydrogen-bond donors (Lipinski definition) is 1. The van der Waals surface area contributed by atoms with Gasteiger partial charge in [0, 0.05) is 39.9 Å². The fourth-order valence-electron chi connectivity index (χ4n) is 1.58. The van der Waals surface area contributed by atoms with Crippen LogP contribution in [-0.4, -0.2) is 71.6 Å².